The SMILES string of the molecule is COC(=O)c1cc(=O)oc2c3c(c(NCc4ccccc4)cc12)CCCC3. The Kier molecular flexibility index (Phi) is 4.67. The molecule has 0 spiro atoms. The molecule has 1 aromatic heterocycles. The van der Waals surface area contributed by atoms with Crippen LogP contribution in [0.2, 0.25) is 0 Å². The topological polar surface area (TPSA) is 68.5 Å². The molecule has 2 aromatic carbocycles. The van der Waals surface area contributed by atoms with Crippen molar-refractivity contribution in [2.75, 3.05) is 12.4 Å². The van der Waals surface area contributed by atoms with Gasteiger partial charge in [-0.05, 0) is 42.9 Å². The second-order valence-electron chi connectivity index (χ2n) is 6.77. The lowest BCUT2D eigenvalue weighted by molar-refractivity contribution is 0.0602. The highest BCUT2D eigenvalue weighted by atomic mass is 16.5. The molecule has 27 heavy (non-hydrogen) atoms. The molecular weight excluding hydrogens is 342 g/mol. The fraction of sp³-hybridized carbons (Fsp3) is 0.273. The highest BCUT2D eigenvalue weighted by Crippen LogP contribution is 2.36. The number of esters is 1. The van der Waals surface area contributed by atoms with Crippen molar-refractivity contribution in [3.8, 4) is 0 Å². The van der Waals surface area contributed by atoms with Crippen LogP contribution in [-0.4, -0.2) is 13.1 Å². The van der Waals surface area contributed by atoms with Gasteiger partial charge in [-0.2, -0.15) is 0 Å². The van der Waals surface area contributed by atoms with Crippen molar-refractivity contribution in [2.45, 2.75) is 32.2 Å². The summed E-state index contributed by atoms with van der Waals surface area (Å²) in [6.07, 6.45) is 3.89. The third-order valence-electron chi connectivity index (χ3n) is 5.09. The fourth-order valence-electron chi connectivity index (χ4n) is 3.78. The van der Waals surface area contributed by atoms with Gasteiger partial charge in [-0.25, -0.2) is 9.59 Å². The molecule has 0 amide bonds. The monoisotopic (exact) mass is 363 g/mol. The van der Waals surface area contributed by atoms with E-state index in [9.17, 15) is 9.59 Å². The van der Waals surface area contributed by atoms with Gasteiger partial charge in [-0.15, -0.1) is 0 Å². The van der Waals surface area contributed by atoms with Crippen LogP contribution in [0, 0.1) is 0 Å². The molecule has 0 saturated heterocycles. The van der Waals surface area contributed by atoms with E-state index in [1.54, 1.807) is 0 Å². The van der Waals surface area contributed by atoms with E-state index >= 15 is 0 Å². The Morgan fingerprint density at radius 1 is 1.11 bits per heavy atom. The lowest BCUT2D eigenvalue weighted by Crippen LogP contribution is -2.13. The Labute approximate surface area is 157 Å². The van der Waals surface area contributed by atoms with E-state index in [0.717, 1.165) is 36.9 Å². The molecule has 1 heterocycles. The summed E-state index contributed by atoms with van der Waals surface area (Å²) in [6, 6.07) is 13.3. The first kappa shape index (κ1) is 17.3. The first-order chi connectivity index (χ1) is 13.2. The number of fused-ring (bicyclic) bond motifs is 3. The van der Waals surface area contributed by atoms with Gasteiger partial charge >= 0.3 is 11.6 Å². The maximum absolute atomic E-state index is 12.2. The normalized spacial score (nSPS) is 13.2. The zero-order valence-electron chi connectivity index (χ0n) is 15.2. The molecule has 0 atom stereocenters. The number of nitrogens with one attached hydrogen (secondary N) is 1. The predicted octanol–water partition coefficient (Wildman–Crippen LogP) is 4.07. The van der Waals surface area contributed by atoms with Crippen molar-refractivity contribution >= 4 is 22.6 Å². The number of methoxy groups -OCH3 is 1. The molecule has 1 N–H and O–H groups in total. The van der Waals surface area contributed by atoms with Crippen molar-refractivity contribution in [3.63, 3.8) is 0 Å². The molecule has 0 aliphatic heterocycles. The van der Waals surface area contributed by atoms with E-state index in [1.807, 2.05) is 24.3 Å². The number of hydrogen-bond acceptors (Lipinski definition) is 5. The zero-order valence-corrected chi connectivity index (χ0v) is 15.2. The summed E-state index contributed by atoms with van der Waals surface area (Å²) in [5, 5.41) is 4.13. The number of benzene rings is 2. The largest absolute Gasteiger partial charge is 0.465 e. The Balaban J connectivity index is 1.86. The number of ether oxygens (including phenoxy) is 1. The molecular formula is C22H21NO4. The molecule has 1 aliphatic rings. The summed E-state index contributed by atoms with van der Waals surface area (Å²) in [6.45, 7) is 0.684. The van der Waals surface area contributed by atoms with Crippen LogP contribution in [0.5, 0.6) is 0 Å². The lowest BCUT2D eigenvalue weighted by atomic mass is 9.88. The Hall–Kier alpha value is -3.08. The van der Waals surface area contributed by atoms with Gasteiger partial charge < -0.3 is 14.5 Å². The summed E-state index contributed by atoms with van der Waals surface area (Å²) in [7, 11) is 1.32. The molecule has 5 nitrogen and oxygen atoms in total. The average molecular weight is 363 g/mol. The molecule has 3 aromatic rings. The number of carbonyl (C=O) groups excluding carboxylic acids is 1. The van der Waals surface area contributed by atoms with E-state index < -0.39 is 11.6 Å². The Morgan fingerprint density at radius 2 is 1.85 bits per heavy atom. The van der Waals surface area contributed by atoms with Gasteiger partial charge in [0, 0.05) is 29.2 Å². The van der Waals surface area contributed by atoms with Gasteiger partial charge in [0.1, 0.15) is 5.58 Å². The standard InChI is InChI=1S/C22H21NO4/c1-26-22(25)18-12-20(24)27-21-16-10-6-5-9-15(16)19(11-17(18)21)23-13-14-7-3-2-4-8-14/h2-4,7-8,11-12,23H,5-6,9-10,13H2,1H3. The predicted molar refractivity (Wildman–Crippen MR) is 104 cm³/mol. The second-order valence-corrected chi connectivity index (χ2v) is 6.77. The number of anilines is 1. The van der Waals surface area contributed by atoms with Crippen molar-refractivity contribution in [3.05, 3.63) is 75.1 Å². The van der Waals surface area contributed by atoms with E-state index in [2.05, 4.69) is 17.4 Å². The van der Waals surface area contributed by atoms with Crippen LogP contribution in [-0.2, 0) is 24.1 Å². The molecule has 0 saturated carbocycles. The van der Waals surface area contributed by atoms with Crippen molar-refractivity contribution < 1.29 is 13.9 Å². The van der Waals surface area contributed by atoms with Crippen LogP contribution >= 0.6 is 0 Å². The first-order valence-corrected chi connectivity index (χ1v) is 9.16. The maximum atomic E-state index is 12.2. The summed E-state index contributed by atoms with van der Waals surface area (Å²) < 4.78 is 10.4. The number of carbonyl (C=O) groups is 1. The highest BCUT2D eigenvalue weighted by Gasteiger charge is 2.23. The smallest absolute Gasteiger partial charge is 0.338 e. The van der Waals surface area contributed by atoms with Gasteiger partial charge in [-0.1, -0.05) is 30.3 Å². The van der Waals surface area contributed by atoms with Crippen LogP contribution < -0.4 is 10.9 Å². The minimum Gasteiger partial charge on any atom is -0.465 e. The second kappa shape index (κ2) is 7.27. The van der Waals surface area contributed by atoms with Gasteiger partial charge in [0.25, 0.3) is 0 Å². The third kappa shape index (κ3) is 3.33. The van der Waals surface area contributed by atoms with Crippen LogP contribution in [0.15, 0.2) is 51.7 Å². The van der Waals surface area contributed by atoms with Gasteiger partial charge in [0.2, 0.25) is 0 Å². The third-order valence-corrected chi connectivity index (χ3v) is 5.09. The summed E-state index contributed by atoms with van der Waals surface area (Å²) in [5.74, 6) is -0.530. The Morgan fingerprint density at radius 3 is 2.59 bits per heavy atom. The summed E-state index contributed by atoms with van der Waals surface area (Å²) in [4.78, 5) is 24.2. The molecule has 5 heteroatoms. The van der Waals surface area contributed by atoms with Crippen LogP contribution in [0.1, 0.15) is 39.9 Å². The molecule has 1 aliphatic carbocycles. The van der Waals surface area contributed by atoms with E-state index in [1.165, 1.54) is 24.3 Å². The molecule has 4 rings (SSSR count). The minimum atomic E-state index is -0.530. The van der Waals surface area contributed by atoms with E-state index in [-0.39, 0.29) is 5.56 Å². The Bertz CT molecular complexity index is 1050. The first-order valence-electron chi connectivity index (χ1n) is 9.16. The van der Waals surface area contributed by atoms with Gasteiger partial charge in [-0.3, -0.25) is 0 Å². The molecule has 0 unspecified atom stereocenters. The maximum Gasteiger partial charge on any atom is 0.338 e. The van der Waals surface area contributed by atoms with Crippen molar-refractivity contribution in [2.24, 2.45) is 0 Å². The van der Waals surface area contributed by atoms with Crippen LogP contribution in [0.3, 0.4) is 0 Å². The molecule has 0 radical (unpaired) electrons. The number of aryl methyl sites for hydroxylation is 1. The van der Waals surface area contributed by atoms with Crippen LogP contribution in [0.25, 0.3) is 11.0 Å². The van der Waals surface area contributed by atoms with Gasteiger partial charge in [0.15, 0.2) is 0 Å². The van der Waals surface area contributed by atoms with Crippen molar-refractivity contribution in [1.29, 1.82) is 0 Å². The fourth-order valence-corrected chi connectivity index (χ4v) is 3.78. The van der Waals surface area contributed by atoms with Crippen molar-refractivity contribution in [1.82, 2.24) is 0 Å². The average Bonchev–Trinajstić information content (AvgIpc) is 2.72. The van der Waals surface area contributed by atoms with E-state index in [0.29, 0.717) is 17.5 Å². The number of rotatable bonds is 4. The van der Waals surface area contributed by atoms with Gasteiger partial charge in [0.05, 0.1) is 12.7 Å². The molecule has 0 bridgehead atoms. The highest BCUT2D eigenvalue weighted by molar-refractivity contribution is 6.04. The van der Waals surface area contributed by atoms with Crippen LogP contribution in [0.4, 0.5) is 5.69 Å². The molecule has 138 valence electrons. The quantitative estimate of drug-likeness (QED) is 0.559. The van der Waals surface area contributed by atoms with E-state index in [4.69, 9.17) is 9.15 Å². The summed E-state index contributed by atoms with van der Waals surface area (Å²) >= 11 is 0. The minimum absolute atomic E-state index is 0.250. The number of hydrogen-bond donors (Lipinski definition) is 1. The summed E-state index contributed by atoms with van der Waals surface area (Å²) in [5.41, 5.74) is 4.60. The molecule has 0 fully saturated rings. The lowest BCUT2D eigenvalue weighted by Gasteiger charge is -2.22. The zero-order chi connectivity index (χ0) is 18.8.